The first-order chi connectivity index (χ1) is 12.2. The van der Waals surface area contributed by atoms with Crippen molar-refractivity contribution in [1.29, 1.82) is 0 Å². The van der Waals surface area contributed by atoms with Crippen LogP contribution in [-0.2, 0) is 11.2 Å². The van der Waals surface area contributed by atoms with Gasteiger partial charge >= 0.3 is 0 Å². The predicted molar refractivity (Wildman–Crippen MR) is 102 cm³/mol. The molecule has 6 heteroatoms. The Morgan fingerprint density at radius 2 is 1.68 bits per heavy atom. The van der Waals surface area contributed by atoms with Crippen LogP contribution < -0.4 is 10.6 Å². The van der Waals surface area contributed by atoms with Gasteiger partial charge < -0.3 is 10.6 Å². The summed E-state index contributed by atoms with van der Waals surface area (Å²) in [6.07, 6.45) is 0.785. The molecule has 0 aliphatic carbocycles. The summed E-state index contributed by atoms with van der Waals surface area (Å²) in [6.45, 7) is 0.544. The predicted octanol–water partition coefficient (Wildman–Crippen LogP) is 3.64. The molecule has 2 heterocycles. The van der Waals surface area contributed by atoms with Crippen LogP contribution in [0, 0.1) is 0 Å². The number of amides is 2. The van der Waals surface area contributed by atoms with E-state index < -0.39 is 6.04 Å². The molecule has 2 aromatic heterocycles. The molecular formula is C19H18N2O2S2. The van der Waals surface area contributed by atoms with E-state index in [4.69, 9.17) is 0 Å². The van der Waals surface area contributed by atoms with E-state index >= 15 is 0 Å². The van der Waals surface area contributed by atoms with Gasteiger partial charge in [-0.3, -0.25) is 9.59 Å². The van der Waals surface area contributed by atoms with Crippen LogP contribution in [0.4, 0.5) is 0 Å². The van der Waals surface area contributed by atoms with Crippen molar-refractivity contribution in [2.24, 2.45) is 0 Å². The van der Waals surface area contributed by atoms with E-state index in [1.807, 2.05) is 41.1 Å². The van der Waals surface area contributed by atoms with Crippen molar-refractivity contribution < 1.29 is 9.59 Å². The van der Waals surface area contributed by atoms with Crippen molar-refractivity contribution in [3.63, 3.8) is 0 Å². The van der Waals surface area contributed by atoms with Crippen molar-refractivity contribution in [2.45, 2.75) is 12.5 Å². The molecular weight excluding hydrogens is 352 g/mol. The number of hydrogen-bond acceptors (Lipinski definition) is 4. The highest BCUT2D eigenvalue weighted by atomic mass is 32.1. The van der Waals surface area contributed by atoms with Crippen LogP contribution in [0.2, 0.25) is 0 Å². The highest BCUT2D eigenvalue weighted by Gasteiger charge is 2.23. The largest absolute Gasteiger partial charge is 0.354 e. The first-order valence-corrected chi connectivity index (χ1v) is 9.69. The minimum atomic E-state index is -0.684. The maximum absolute atomic E-state index is 12.6. The Labute approximate surface area is 154 Å². The molecule has 25 heavy (non-hydrogen) atoms. The molecule has 2 amide bonds. The zero-order valence-corrected chi connectivity index (χ0v) is 15.1. The molecule has 1 unspecified atom stereocenters. The smallest absolute Gasteiger partial charge is 0.252 e. The molecule has 4 nitrogen and oxygen atoms in total. The van der Waals surface area contributed by atoms with Gasteiger partial charge in [-0.25, -0.2) is 0 Å². The fourth-order valence-corrected chi connectivity index (χ4v) is 3.87. The molecule has 0 saturated carbocycles. The van der Waals surface area contributed by atoms with Gasteiger partial charge in [0, 0.05) is 21.9 Å². The van der Waals surface area contributed by atoms with Crippen LogP contribution in [0.3, 0.4) is 0 Å². The normalized spacial score (nSPS) is 11.7. The minimum absolute atomic E-state index is 0.191. The number of thiophene rings is 2. The lowest BCUT2D eigenvalue weighted by atomic mass is 10.1. The van der Waals surface area contributed by atoms with Crippen molar-refractivity contribution in [3.05, 3.63) is 80.7 Å². The second-order valence-corrected chi connectivity index (χ2v) is 7.42. The molecule has 0 aliphatic rings. The zero-order chi connectivity index (χ0) is 17.5. The lowest BCUT2D eigenvalue weighted by molar-refractivity contribution is -0.123. The van der Waals surface area contributed by atoms with E-state index in [0.29, 0.717) is 12.1 Å². The molecule has 1 aromatic carbocycles. The van der Waals surface area contributed by atoms with Crippen LogP contribution >= 0.6 is 22.7 Å². The average Bonchev–Trinajstić information content (AvgIpc) is 3.34. The lowest BCUT2D eigenvalue weighted by Crippen LogP contribution is -2.40. The van der Waals surface area contributed by atoms with Gasteiger partial charge in [0.15, 0.2) is 0 Å². The topological polar surface area (TPSA) is 58.2 Å². The monoisotopic (exact) mass is 370 g/mol. The Balaban J connectivity index is 1.65. The SMILES string of the molecule is O=C(NC(C(=O)NCCc1cccs1)c1cccs1)c1ccccc1. The maximum Gasteiger partial charge on any atom is 0.252 e. The molecule has 3 rings (SSSR count). The van der Waals surface area contributed by atoms with Gasteiger partial charge in [0.2, 0.25) is 5.91 Å². The molecule has 3 aromatic rings. The molecule has 128 valence electrons. The summed E-state index contributed by atoms with van der Waals surface area (Å²) < 4.78 is 0. The van der Waals surface area contributed by atoms with Crippen molar-refractivity contribution in [2.75, 3.05) is 6.54 Å². The quantitative estimate of drug-likeness (QED) is 0.667. The molecule has 0 fully saturated rings. The van der Waals surface area contributed by atoms with Crippen LogP contribution in [0.5, 0.6) is 0 Å². The summed E-state index contributed by atoms with van der Waals surface area (Å²) in [4.78, 5) is 27.1. The first kappa shape index (κ1) is 17.4. The zero-order valence-electron chi connectivity index (χ0n) is 13.5. The fourth-order valence-electron chi connectivity index (χ4n) is 2.39. The summed E-state index contributed by atoms with van der Waals surface area (Å²) >= 11 is 3.12. The van der Waals surface area contributed by atoms with E-state index in [-0.39, 0.29) is 11.8 Å². The first-order valence-electron chi connectivity index (χ1n) is 7.93. The summed E-state index contributed by atoms with van der Waals surface area (Å²) in [6, 6.07) is 16.0. The van der Waals surface area contributed by atoms with Crippen molar-refractivity contribution in [3.8, 4) is 0 Å². The van der Waals surface area contributed by atoms with Gasteiger partial charge in [0.05, 0.1) is 0 Å². The number of benzene rings is 1. The standard InChI is InChI=1S/C19H18N2O2S2/c22-18(14-6-2-1-3-7-14)21-17(16-9-5-13-25-16)19(23)20-11-10-15-8-4-12-24-15/h1-9,12-13,17H,10-11H2,(H,20,23)(H,21,22). The molecule has 2 N–H and O–H groups in total. The minimum Gasteiger partial charge on any atom is -0.354 e. The number of carbonyl (C=O) groups is 2. The van der Waals surface area contributed by atoms with E-state index in [0.717, 1.165) is 11.3 Å². The lowest BCUT2D eigenvalue weighted by Gasteiger charge is -2.17. The number of rotatable bonds is 7. The molecule has 0 radical (unpaired) electrons. The van der Waals surface area contributed by atoms with Gasteiger partial charge in [0.1, 0.15) is 6.04 Å². The third-order valence-electron chi connectivity index (χ3n) is 3.65. The van der Waals surface area contributed by atoms with Gasteiger partial charge in [-0.15, -0.1) is 22.7 Å². The average molecular weight is 370 g/mol. The molecule has 0 aliphatic heterocycles. The molecule has 0 spiro atoms. The third kappa shape index (κ3) is 4.78. The summed E-state index contributed by atoms with van der Waals surface area (Å²) in [5, 5.41) is 9.69. The van der Waals surface area contributed by atoms with E-state index in [9.17, 15) is 9.59 Å². The second kappa shape index (κ2) is 8.60. The number of nitrogens with one attached hydrogen (secondary N) is 2. The Hall–Kier alpha value is -2.44. The van der Waals surface area contributed by atoms with Crippen LogP contribution in [-0.4, -0.2) is 18.4 Å². The molecule has 0 bridgehead atoms. The fraction of sp³-hybridized carbons (Fsp3) is 0.158. The Kier molecular flexibility index (Phi) is 5.98. The maximum atomic E-state index is 12.6. The molecule has 0 saturated heterocycles. The summed E-state index contributed by atoms with van der Waals surface area (Å²) in [7, 11) is 0. The highest BCUT2D eigenvalue weighted by Crippen LogP contribution is 2.20. The van der Waals surface area contributed by atoms with E-state index in [1.54, 1.807) is 35.6 Å². The second-order valence-electron chi connectivity index (χ2n) is 5.41. The van der Waals surface area contributed by atoms with Gasteiger partial charge in [-0.2, -0.15) is 0 Å². The van der Waals surface area contributed by atoms with Crippen molar-refractivity contribution >= 4 is 34.5 Å². The van der Waals surface area contributed by atoms with E-state index in [1.165, 1.54) is 16.2 Å². The van der Waals surface area contributed by atoms with Gasteiger partial charge in [-0.05, 0) is 41.4 Å². The van der Waals surface area contributed by atoms with E-state index in [2.05, 4.69) is 10.6 Å². The Morgan fingerprint density at radius 3 is 2.36 bits per heavy atom. The molecule has 1 atom stereocenters. The van der Waals surface area contributed by atoms with Gasteiger partial charge in [-0.1, -0.05) is 30.3 Å². The van der Waals surface area contributed by atoms with Crippen LogP contribution in [0.1, 0.15) is 26.2 Å². The highest BCUT2D eigenvalue weighted by molar-refractivity contribution is 7.10. The Morgan fingerprint density at radius 1 is 0.920 bits per heavy atom. The van der Waals surface area contributed by atoms with Crippen LogP contribution in [0.15, 0.2) is 65.4 Å². The summed E-state index contributed by atoms with van der Waals surface area (Å²) in [5.74, 6) is -0.448. The number of carbonyl (C=O) groups excluding carboxylic acids is 2. The van der Waals surface area contributed by atoms with Crippen LogP contribution in [0.25, 0.3) is 0 Å². The third-order valence-corrected chi connectivity index (χ3v) is 5.53. The van der Waals surface area contributed by atoms with Crippen molar-refractivity contribution in [1.82, 2.24) is 10.6 Å². The van der Waals surface area contributed by atoms with Gasteiger partial charge in [0.25, 0.3) is 5.91 Å². The number of hydrogen-bond donors (Lipinski definition) is 2. The summed E-state index contributed by atoms with van der Waals surface area (Å²) in [5.41, 5.74) is 0.537. The Bertz CT molecular complexity index is 799.